The molecule has 1 aliphatic carbocycles. The number of carbonyl (C=O) groups excluding carboxylic acids is 1. The minimum atomic E-state index is -4.77. The molecule has 30 heavy (non-hydrogen) atoms. The van der Waals surface area contributed by atoms with Gasteiger partial charge in [0.2, 0.25) is 0 Å². The number of hydrogen-bond acceptors (Lipinski definition) is 2. The van der Waals surface area contributed by atoms with Crippen LogP contribution in [-0.4, -0.2) is 15.7 Å². The molecular weight excluding hydrogens is 420 g/mol. The Hall–Kier alpha value is -2.41. The summed E-state index contributed by atoms with van der Waals surface area (Å²) in [6.45, 7) is 2.15. The molecular formula is C22H19ClF4N2O. The van der Waals surface area contributed by atoms with Crippen molar-refractivity contribution in [2.45, 2.75) is 44.7 Å². The van der Waals surface area contributed by atoms with Crippen LogP contribution in [0.5, 0.6) is 0 Å². The van der Waals surface area contributed by atoms with Crippen molar-refractivity contribution in [3.8, 4) is 0 Å². The molecule has 158 valence electrons. The summed E-state index contributed by atoms with van der Waals surface area (Å²) < 4.78 is 56.1. The lowest BCUT2D eigenvalue weighted by Gasteiger charge is -2.25. The lowest BCUT2D eigenvalue weighted by molar-refractivity contribution is -0.137. The largest absolute Gasteiger partial charge is 0.417 e. The number of rotatable bonds is 2. The normalized spacial score (nSPS) is 19.9. The molecule has 3 aromatic rings. The van der Waals surface area contributed by atoms with Gasteiger partial charge in [0.1, 0.15) is 5.82 Å². The third-order valence-corrected chi connectivity index (χ3v) is 6.13. The molecule has 3 nitrogen and oxygen atoms in total. The molecule has 0 bridgehead atoms. The summed E-state index contributed by atoms with van der Waals surface area (Å²) in [6.07, 6.45) is -1.30. The number of alkyl halides is 3. The van der Waals surface area contributed by atoms with Crippen LogP contribution >= 0.6 is 11.6 Å². The quantitative estimate of drug-likeness (QED) is 0.411. The predicted molar refractivity (Wildman–Crippen MR) is 106 cm³/mol. The summed E-state index contributed by atoms with van der Waals surface area (Å²) in [5.41, 5.74) is -1.28. The van der Waals surface area contributed by atoms with Gasteiger partial charge < -0.3 is 0 Å². The number of hydrogen-bond donors (Lipinski definition) is 0. The average Bonchev–Trinajstić information content (AvgIpc) is 3.08. The summed E-state index contributed by atoms with van der Waals surface area (Å²) in [7, 11) is 0. The summed E-state index contributed by atoms with van der Waals surface area (Å²) in [5.74, 6) is -1.07. The second-order valence-corrected chi connectivity index (χ2v) is 8.26. The predicted octanol–water partition coefficient (Wildman–Crippen LogP) is 6.83. The van der Waals surface area contributed by atoms with Crippen LogP contribution in [0.25, 0.3) is 10.9 Å². The maximum absolute atomic E-state index is 14.7. The van der Waals surface area contributed by atoms with Gasteiger partial charge in [-0.2, -0.15) is 23.0 Å². The molecule has 0 unspecified atom stereocenters. The van der Waals surface area contributed by atoms with Crippen molar-refractivity contribution < 1.29 is 22.4 Å². The monoisotopic (exact) mass is 438 g/mol. The van der Waals surface area contributed by atoms with Gasteiger partial charge in [-0.1, -0.05) is 43.5 Å². The van der Waals surface area contributed by atoms with E-state index in [1.165, 1.54) is 24.3 Å². The zero-order chi connectivity index (χ0) is 21.6. The van der Waals surface area contributed by atoms with Crippen molar-refractivity contribution in [3.63, 3.8) is 0 Å². The van der Waals surface area contributed by atoms with E-state index in [9.17, 15) is 22.4 Å². The standard InChI is InChI=1S/C22H19ClF4N2O/c1-12-8-10-13(11-9-12)20-19-16(24)6-3-7-17(19)29(28-20)21(30)18-14(22(25,26)27)4-2-5-15(18)23/h2-7,12-13H,8-11H2,1H3. The van der Waals surface area contributed by atoms with Crippen LogP contribution in [0, 0.1) is 11.7 Å². The molecule has 1 aromatic heterocycles. The van der Waals surface area contributed by atoms with Crippen molar-refractivity contribution in [2.24, 2.45) is 5.92 Å². The highest BCUT2D eigenvalue weighted by molar-refractivity contribution is 6.34. The highest BCUT2D eigenvalue weighted by Gasteiger charge is 2.37. The van der Waals surface area contributed by atoms with E-state index < -0.39 is 29.0 Å². The van der Waals surface area contributed by atoms with Crippen LogP contribution in [0.3, 0.4) is 0 Å². The van der Waals surface area contributed by atoms with Gasteiger partial charge in [0.15, 0.2) is 0 Å². The smallest absolute Gasteiger partial charge is 0.267 e. The fraction of sp³-hybridized carbons (Fsp3) is 0.364. The molecule has 1 heterocycles. The van der Waals surface area contributed by atoms with E-state index in [0.29, 0.717) is 11.6 Å². The lowest BCUT2D eigenvalue weighted by Crippen LogP contribution is -2.20. The van der Waals surface area contributed by atoms with Gasteiger partial charge in [0, 0.05) is 5.92 Å². The number of halogens is 5. The first-order valence-corrected chi connectivity index (χ1v) is 10.1. The molecule has 0 spiro atoms. The number of aromatic nitrogens is 2. The molecule has 2 aromatic carbocycles. The van der Waals surface area contributed by atoms with Crippen LogP contribution in [-0.2, 0) is 6.18 Å². The first-order chi connectivity index (χ1) is 14.2. The molecule has 1 saturated carbocycles. The molecule has 1 aliphatic rings. The summed E-state index contributed by atoms with van der Waals surface area (Å²) in [5, 5.41) is 4.20. The van der Waals surface area contributed by atoms with Gasteiger partial charge in [-0.25, -0.2) is 4.39 Å². The van der Waals surface area contributed by atoms with Gasteiger partial charge in [-0.05, 0) is 43.0 Å². The zero-order valence-corrected chi connectivity index (χ0v) is 16.9. The Morgan fingerprint density at radius 3 is 2.43 bits per heavy atom. The highest BCUT2D eigenvalue weighted by atomic mass is 35.5. The Balaban J connectivity index is 1.89. The molecule has 1 fully saturated rings. The first kappa shape index (κ1) is 20.8. The molecule has 0 aliphatic heterocycles. The van der Waals surface area contributed by atoms with E-state index in [0.717, 1.165) is 42.5 Å². The third kappa shape index (κ3) is 3.60. The fourth-order valence-electron chi connectivity index (χ4n) is 4.21. The number of carbonyl (C=O) groups is 1. The van der Waals surface area contributed by atoms with E-state index in [1.54, 1.807) is 0 Å². The molecule has 8 heteroatoms. The number of benzene rings is 2. The van der Waals surface area contributed by atoms with E-state index in [2.05, 4.69) is 12.0 Å². The van der Waals surface area contributed by atoms with Gasteiger partial charge >= 0.3 is 6.18 Å². The van der Waals surface area contributed by atoms with E-state index in [4.69, 9.17) is 11.6 Å². The van der Waals surface area contributed by atoms with E-state index in [1.807, 2.05) is 0 Å². The van der Waals surface area contributed by atoms with E-state index in [-0.39, 0.29) is 21.8 Å². The maximum Gasteiger partial charge on any atom is 0.417 e. The van der Waals surface area contributed by atoms with Crippen LogP contribution < -0.4 is 0 Å². The second-order valence-electron chi connectivity index (χ2n) is 7.85. The average molecular weight is 439 g/mol. The van der Waals surface area contributed by atoms with Crippen LogP contribution in [0.1, 0.15) is 60.1 Å². The van der Waals surface area contributed by atoms with Crippen molar-refractivity contribution in [3.05, 3.63) is 64.1 Å². The minimum absolute atomic E-state index is 0.0528. The molecule has 0 atom stereocenters. The molecule has 4 rings (SSSR count). The van der Waals surface area contributed by atoms with Gasteiger partial charge in [-0.15, -0.1) is 0 Å². The van der Waals surface area contributed by atoms with Gasteiger partial charge in [0.05, 0.1) is 32.7 Å². The minimum Gasteiger partial charge on any atom is -0.267 e. The van der Waals surface area contributed by atoms with Crippen molar-refractivity contribution in [1.29, 1.82) is 0 Å². The Bertz CT molecular complexity index is 1110. The Morgan fingerprint density at radius 2 is 1.77 bits per heavy atom. The molecule has 0 radical (unpaired) electrons. The fourth-order valence-corrected chi connectivity index (χ4v) is 4.47. The van der Waals surface area contributed by atoms with Crippen LogP contribution in [0.15, 0.2) is 36.4 Å². The highest BCUT2D eigenvalue weighted by Crippen LogP contribution is 2.40. The third-order valence-electron chi connectivity index (χ3n) is 5.81. The number of fused-ring (bicyclic) bond motifs is 1. The Labute approximate surface area is 175 Å². The summed E-state index contributed by atoms with van der Waals surface area (Å²) >= 11 is 6.00. The van der Waals surface area contributed by atoms with Crippen LogP contribution in [0.4, 0.5) is 17.6 Å². The molecule has 0 amide bonds. The lowest BCUT2D eigenvalue weighted by atomic mass is 9.81. The van der Waals surface area contributed by atoms with Gasteiger partial charge in [0.25, 0.3) is 5.91 Å². The molecule has 0 saturated heterocycles. The Morgan fingerprint density at radius 1 is 1.10 bits per heavy atom. The topological polar surface area (TPSA) is 34.9 Å². The summed E-state index contributed by atoms with van der Waals surface area (Å²) in [4.78, 5) is 13.2. The SMILES string of the molecule is CC1CCC(c2nn(C(=O)c3c(Cl)cccc3C(F)(F)F)c3cccc(F)c23)CC1. The summed E-state index contributed by atoms with van der Waals surface area (Å²) in [6, 6.07) is 7.33. The Kier molecular flexibility index (Phi) is 5.34. The van der Waals surface area contributed by atoms with Crippen molar-refractivity contribution >= 4 is 28.4 Å². The van der Waals surface area contributed by atoms with Crippen molar-refractivity contribution in [1.82, 2.24) is 9.78 Å². The number of nitrogens with zero attached hydrogens (tertiary/aromatic N) is 2. The van der Waals surface area contributed by atoms with E-state index >= 15 is 0 Å². The zero-order valence-electron chi connectivity index (χ0n) is 16.1. The first-order valence-electron chi connectivity index (χ1n) is 9.76. The maximum atomic E-state index is 14.7. The van der Waals surface area contributed by atoms with Crippen LogP contribution in [0.2, 0.25) is 5.02 Å². The van der Waals surface area contributed by atoms with Crippen molar-refractivity contribution in [2.75, 3.05) is 0 Å². The van der Waals surface area contributed by atoms with Gasteiger partial charge in [-0.3, -0.25) is 4.79 Å². The second kappa shape index (κ2) is 7.69. The molecule has 0 N–H and O–H groups in total.